The Balaban J connectivity index is 2.38. The van der Waals surface area contributed by atoms with E-state index in [4.69, 9.17) is 11.0 Å². The van der Waals surface area contributed by atoms with Gasteiger partial charge in [0.05, 0.1) is 24.0 Å². The van der Waals surface area contributed by atoms with Crippen LogP contribution in [0.1, 0.15) is 11.1 Å². The molecule has 2 N–H and O–H groups in total. The number of nitriles is 1. The zero-order chi connectivity index (χ0) is 17.9. The van der Waals surface area contributed by atoms with Gasteiger partial charge in [-0.25, -0.2) is 4.39 Å². The number of amides is 1. The van der Waals surface area contributed by atoms with Crippen molar-refractivity contribution in [3.8, 4) is 6.07 Å². The lowest BCUT2D eigenvalue weighted by Gasteiger charge is -2.36. The Morgan fingerprint density at radius 3 is 2.58 bits per heavy atom. The molecule has 1 saturated heterocycles. The second-order valence-electron chi connectivity index (χ2n) is 5.68. The van der Waals surface area contributed by atoms with Gasteiger partial charge in [-0.05, 0) is 12.5 Å². The first kappa shape index (κ1) is 17.6. The van der Waals surface area contributed by atoms with Gasteiger partial charge < -0.3 is 10.6 Å². The van der Waals surface area contributed by atoms with Crippen molar-refractivity contribution in [3.63, 3.8) is 0 Å². The van der Waals surface area contributed by atoms with Crippen LogP contribution in [0.4, 0.5) is 15.8 Å². The number of nitrogens with two attached hydrogens (primary N) is 1. The molecule has 0 atom stereocenters. The summed E-state index contributed by atoms with van der Waals surface area (Å²) in [6.07, 6.45) is -0.245. The fourth-order valence-corrected chi connectivity index (χ4v) is 2.92. The maximum absolute atomic E-state index is 14.4. The van der Waals surface area contributed by atoms with Crippen LogP contribution in [-0.2, 0) is 11.2 Å². The highest BCUT2D eigenvalue weighted by Gasteiger charge is 2.30. The molecule has 1 aromatic rings. The predicted molar refractivity (Wildman–Crippen MR) is 85.0 cm³/mol. The molecular weight excluding hydrogens is 317 g/mol. The van der Waals surface area contributed by atoms with Gasteiger partial charge in [0.25, 0.3) is 5.69 Å². The number of hydrogen-bond acceptors (Lipinski definition) is 6. The minimum atomic E-state index is -0.586. The Bertz CT molecular complexity index is 708. The molecule has 1 aromatic carbocycles. The molecule has 0 spiro atoms. The van der Waals surface area contributed by atoms with Gasteiger partial charge >= 0.3 is 0 Å². The summed E-state index contributed by atoms with van der Waals surface area (Å²) in [5, 5.41) is 20.4. The van der Waals surface area contributed by atoms with Crippen LogP contribution in [0.25, 0.3) is 0 Å². The number of rotatable bonds is 5. The first-order valence-electron chi connectivity index (χ1n) is 7.44. The van der Waals surface area contributed by atoms with Crippen LogP contribution in [0.15, 0.2) is 6.07 Å². The molecule has 0 bridgehead atoms. The standard InChI is InChI=1S/C15H18FN5O3/c1-10-8-12(21(23)24)15(11(2-3-17)14(10)16)20-6-4-19(5-7-20)9-13(18)22/h8H,2,4-7,9H2,1H3,(H2,18,22). The van der Waals surface area contributed by atoms with Crippen molar-refractivity contribution in [3.05, 3.63) is 33.1 Å². The number of nitrogens with zero attached hydrogens (tertiary/aromatic N) is 4. The molecule has 1 aliphatic heterocycles. The van der Waals surface area contributed by atoms with E-state index >= 15 is 0 Å². The second-order valence-corrected chi connectivity index (χ2v) is 5.68. The van der Waals surface area contributed by atoms with Crippen LogP contribution >= 0.6 is 0 Å². The lowest BCUT2D eigenvalue weighted by Crippen LogP contribution is -2.49. The average molecular weight is 335 g/mol. The van der Waals surface area contributed by atoms with E-state index in [2.05, 4.69) is 0 Å². The summed E-state index contributed by atoms with van der Waals surface area (Å²) >= 11 is 0. The van der Waals surface area contributed by atoms with Crippen molar-refractivity contribution in [1.29, 1.82) is 5.26 Å². The molecule has 24 heavy (non-hydrogen) atoms. The molecule has 1 heterocycles. The summed E-state index contributed by atoms with van der Waals surface area (Å²) in [6.45, 7) is 3.27. The first-order chi connectivity index (χ1) is 11.3. The summed E-state index contributed by atoms with van der Waals surface area (Å²) in [6, 6.07) is 3.07. The van der Waals surface area contributed by atoms with Crippen molar-refractivity contribution in [2.75, 3.05) is 37.6 Å². The number of anilines is 1. The van der Waals surface area contributed by atoms with Gasteiger partial charge in [-0.15, -0.1) is 0 Å². The van der Waals surface area contributed by atoms with Crippen LogP contribution in [0.2, 0.25) is 0 Å². The van der Waals surface area contributed by atoms with Gasteiger partial charge in [-0.3, -0.25) is 19.8 Å². The summed E-state index contributed by atoms with van der Waals surface area (Å²) in [5.74, 6) is -1.03. The van der Waals surface area contributed by atoms with E-state index in [0.29, 0.717) is 26.2 Å². The number of carbonyl (C=O) groups excluding carboxylic acids is 1. The number of piperazine rings is 1. The van der Waals surface area contributed by atoms with Crippen LogP contribution in [0, 0.1) is 34.2 Å². The molecule has 0 aliphatic carbocycles. The quantitative estimate of drug-likeness (QED) is 0.626. The molecule has 2 rings (SSSR count). The first-order valence-corrected chi connectivity index (χ1v) is 7.44. The van der Waals surface area contributed by atoms with Crippen LogP contribution in [0.5, 0.6) is 0 Å². The van der Waals surface area contributed by atoms with Crippen LogP contribution < -0.4 is 10.6 Å². The number of halogens is 1. The third-order valence-electron chi connectivity index (χ3n) is 4.01. The summed E-state index contributed by atoms with van der Waals surface area (Å²) in [4.78, 5) is 25.3. The Kier molecular flexibility index (Phi) is 5.31. The van der Waals surface area contributed by atoms with E-state index in [1.54, 1.807) is 4.90 Å². The van der Waals surface area contributed by atoms with E-state index in [1.807, 2.05) is 11.0 Å². The van der Waals surface area contributed by atoms with Crippen molar-refractivity contribution in [1.82, 2.24) is 4.90 Å². The van der Waals surface area contributed by atoms with Gasteiger partial charge in [-0.1, -0.05) is 0 Å². The van der Waals surface area contributed by atoms with Crippen molar-refractivity contribution in [2.45, 2.75) is 13.3 Å². The van der Waals surface area contributed by atoms with E-state index in [0.717, 1.165) is 0 Å². The zero-order valence-corrected chi connectivity index (χ0v) is 13.3. The van der Waals surface area contributed by atoms with E-state index in [-0.39, 0.29) is 35.5 Å². The Hall–Kier alpha value is -2.73. The molecule has 1 aliphatic rings. The van der Waals surface area contributed by atoms with E-state index < -0.39 is 16.6 Å². The normalized spacial score (nSPS) is 15.1. The molecule has 0 unspecified atom stereocenters. The van der Waals surface area contributed by atoms with Crippen molar-refractivity contribution in [2.24, 2.45) is 5.73 Å². The molecule has 9 heteroatoms. The lowest BCUT2D eigenvalue weighted by atomic mass is 10.0. The minimum Gasteiger partial charge on any atom is -0.369 e. The van der Waals surface area contributed by atoms with Crippen LogP contribution in [0.3, 0.4) is 0 Å². The Morgan fingerprint density at radius 1 is 1.46 bits per heavy atom. The number of aryl methyl sites for hydroxylation is 1. The number of nitro groups is 1. The van der Waals surface area contributed by atoms with Crippen molar-refractivity contribution >= 4 is 17.3 Å². The smallest absolute Gasteiger partial charge is 0.293 e. The summed E-state index contributed by atoms with van der Waals surface area (Å²) in [7, 11) is 0. The largest absolute Gasteiger partial charge is 0.369 e. The highest BCUT2D eigenvalue weighted by molar-refractivity contribution is 5.76. The molecular formula is C15H18FN5O3. The monoisotopic (exact) mass is 335 g/mol. The van der Waals surface area contributed by atoms with Gasteiger partial charge in [0, 0.05) is 37.8 Å². The highest BCUT2D eigenvalue weighted by Crippen LogP contribution is 2.36. The third kappa shape index (κ3) is 3.60. The molecule has 0 radical (unpaired) electrons. The van der Waals surface area contributed by atoms with Crippen LogP contribution in [-0.4, -0.2) is 48.5 Å². The molecule has 0 aromatic heterocycles. The molecule has 0 saturated carbocycles. The predicted octanol–water partition coefficient (Wildman–Crippen LogP) is 0.716. The topological polar surface area (TPSA) is 116 Å². The zero-order valence-electron chi connectivity index (χ0n) is 13.3. The van der Waals surface area contributed by atoms with E-state index in [1.165, 1.54) is 13.0 Å². The Labute approximate surface area is 138 Å². The summed E-state index contributed by atoms with van der Waals surface area (Å²) in [5.41, 5.74) is 5.30. The summed E-state index contributed by atoms with van der Waals surface area (Å²) < 4.78 is 14.4. The van der Waals surface area contributed by atoms with Gasteiger partial charge in [0.1, 0.15) is 11.5 Å². The van der Waals surface area contributed by atoms with Gasteiger partial charge in [-0.2, -0.15) is 5.26 Å². The average Bonchev–Trinajstić information content (AvgIpc) is 2.52. The maximum Gasteiger partial charge on any atom is 0.293 e. The third-order valence-corrected chi connectivity index (χ3v) is 4.01. The fourth-order valence-electron chi connectivity index (χ4n) is 2.92. The SMILES string of the molecule is Cc1cc([N+](=O)[O-])c(N2CCN(CC(N)=O)CC2)c(CC#N)c1F. The molecule has 1 fully saturated rings. The number of primary amides is 1. The minimum absolute atomic E-state index is 0.0487. The maximum atomic E-state index is 14.4. The number of hydrogen-bond donors (Lipinski definition) is 1. The number of nitro benzene ring substituents is 1. The van der Waals surface area contributed by atoms with Gasteiger partial charge in [0.2, 0.25) is 5.91 Å². The fraction of sp³-hybridized carbons (Fsp3) is 0.467. The van der Waals surface area contributed by atoms with E-state index in [9.17, 15) is 19.3 Å². The highest BCUT2D eigenvalue weighted by atomic mass is 19.1. The Morgan fingerprint density at radius 2 is 2.08 bits per heavy atom. The number of benzene rings is 1. The molecule has 1 amide bonds. The second kappa shape index (κ2) is 7.23. The lowest BCUT2D eigenvalue weighted by molar-refractivity contribution is -0.384. The van der Waals surface area contributed by atoms with Gasteiger partial charge in [0.15, 0.2) is 0 Å². The molecule has 128 valence electrons. The van der Waals surface area contributed by atoms with Crippen molar-refractivity contribution < 1.29 is 14.1 Å². The molecule has 8 nitrogen and oxygen atoms in total. The number of carbonyl (C=O) groups is 1.